The van der Waals surface area contributed by atoms with E-state index in [1.807, 2.05) is 12.1 Å². The minimum absolute atomic E-state index is 0.0421. The van der Waals surface area contributed by atoms with Crippen molar-refractivity contribution in [1.82, 2.24) is 0 Å². The molecule has 0 aromatic carbocycles. The van der Waals surface area contributed by atoms with Gasteiger partial charge in [0.15, 0.2) is 0 Å². The van der Waals surface area contributed by atoms with Crippen LogP contribution < -0.4 is 5.73 Å². The molecular weight excluding hydrogens is 218 g/mol. The first-order chi connectivity index (χ1) is 8.22. The maximum atomic E-state index is 6.28. The fourth-order valence-corrected chi connectivity index (χ4v) is 2.43. The fraction of sp³-hybridized carbons (Fsp3) is 0.692. The minimum Gasteiger partial charge on any atom is -0.462 e. The minimum atomic E-state index is -0.0421. The molecule has 0 saturated carbocycles. The number of furan rings is 1. The monoisotopic (exact) mass is 239 g/mol. The molecule has 2 rings (SSSR count). The van der Waals surface area contributed by atoms with Gasteiger partial charge in [-0.25, -0.2) is 0 Å². The highest BCUT2D eigenvalue weighted by Gasteiger charge is 2.30. The van der Waals surface area contributed by atoms with Crippen LogP contribution in [0.1, 0.15) is 30.9 Å². The van der Waals surface area contributed by atoms with Gasteiger partial charge in [-0.15, -0.1) is 0 Å². The molecule has 1 fully saturated rings. The highest BCUT2D eigenvalue weighted by atomic mass is 16.5. The third-order valence-corrected chi connectivity index (χ3v) is 3.47. The Labute approximate surface area is 102 Å². The molecular formula is C13H21NO3. The van der Waals surface area contributed by atoms with Crippen molar-refractivity contribution in [1.29, 1.82) is 0 Å². The first kappa shape index (κ1) is 12.6. The molecule has 3 unspecified atom stereocenters. The van der Waals surface area contributed by atoms with E-state index in [-0.39, 0.29) is 6.04 Å². The molecule has 1 aromatic rings. The van der Waals surface area contributed by atoms with E-state index in [9.17, 15) is 0 Å². The Kier molecular flexibility index (Phi) is 4.20. The van der Waals surface area contributed by atoms with Crippen molar-refractivity contribution >= 4 is 0 Å². The number of hydrogen-bond donors (Lipinski definition) is 1. The van der Waals surface area contributed by atoms with Crippen LogP contribution in [0.15, 0.2) is 16.5 Å². The zero-order valence-electron chi connectivity index (χ0n) is 10.5. The first-order valence-electron chi connectivity index (χ1n) is 6.13. The maximum absolute atomic E-state index is 6.28. The Hall–Kier alpha value is -0.840. The summed E-state index contributed by atoms with van der Waals surface area (Å²) in [4.78, 5) is 0. The third-order valence-electron chi connectivity index (χ3n) is 3.47. The van der Waals surface area contributed by atoms with Crippen LogP contribution in [0.5, 0.6) is 0 Å². The van der Waals surface area contributed by atoms with Crippen molar-refractivity contribution in [3.05, 3.63) is 23.7 Å². The summed E-state index contributed by atoms with van der Waals surface area (Å²) in [5.74, 6) is 2.61. The van der Waals surface area contributed by atoms with Gasteiger partial charge in [0.25, 0.3) is 0 Å². The second kappa shape index (κ2) is 5.67. The van der Waals surface area contributed by atoms with E-state index in [2.05, 4.69) is 6.92 Å². The molecule has 0 amide bonds. The molecule has 96 valence electrons. The van der Waals surface area contributed by atoms with E-state index in [1.165, 1.54) is 0 Å². The summed E-state index contributed by atoms with van der Waals surface area (Å²) in [5, 5.41) is 0. The van der Waals surface area contributed by atoms with Crippen LogP contribution in [0.4, 0.5) is 0 Å². The summed E-state index contributed by atoms with van der Waals surface area (Å²) in [6.07, 6.45) is 1.00. The lowest BCUT2D eigenvalue weighted by molar-refractivity contribution is 0.0128. The van der Waals surface area contributed by atoms with Crippen molar-refractivity contribution in [2.24, 2.45) is 17.6 Å². The van der Waals surface area contributed by atoms with E-state index in [0.717, 1.165) is 31.2 Å². The predicted molar refractivity (Wildman–Crippen MR) is 64.4 cm³/mol. The van der Waals surface area contributed by atoms with Crippen LogP contribution in [-0.4, -0.2) is 20.3 Å². The molecule has 0 aliphatic carbocycles. The second-order valence-corrected chi connectivity index (χ2v) is 4.77. The van der Waals surface area contributed by atoms with Crippen LogP contribution in [0, 0.1) is 11.8 Å². The van der Waals surface area contributed by atoms with Gasteiger partial charge in [0.2, 0.25) is 0 Å². The SMILES string of the molecule is COCc1ccc(C(N)C2CCOCC2C)o1. The van der Waals surface area contributed by atoms with Crippen molar-refractivity contribution < 1.29 is 13.9 Å². The average Bonchev–Trinajstić information content (AvgIpc) is 2.78. The topological polar surface area (TPSA) is 57.6 Å². The molecule has 3 atom stereocenters. The molecule has 1 aliphatic rings. The van der Waals surface area contributed by atoms with Gasteiger partial charge in [-0.1, -0.05) is 6.92 Å². The maximum Gasteiger partial charge on any atom is 0.129 e. The third kappa shape index (κ3) is 2.89. The summed E-state index contributed by atoms with van der Waals surface area (Å²) in [6, 6.07) is 3.85. The van der Waals surface area contributed by atoms with E-state index < -0.39 is 0 Å². The largest absolute Gasteiger partial charge is 0.462 e. The Morgan fingerprint density at radius 2 is 2.35 bits per heavy atom. The molecule has 1 aliphatic heterocycles. The molecule has 4 heteroatoms. The summed E-state index contributed by atoms with van der Waals surface area (Å²) >= 11 is 0. The second-order valence-electron chi connectivity index (χ2n) is 4.77. The van der Waals surface area contributed by atoms with E-state index in [1.54, 1.807) is 7.11 Å². The van der Waals surface area contributed by atoms with Crippen molar-refractivity contribution in [2.75, 3.05) is 20.3 Å². The highest BCUT2D eigenvalue weighted by Crippen LogP contribution is 2.32. The van der Waals surface area contributed by atoms with Gasteiger partial charge in [-0.2, -0.15) is 0 Å². The molecule has 4 nitrogen and oxygen atoms in total. The number of nitrogens with two attached hydrogens (primary N) is 1. The van der Waals surface area contributed by atoms with Gasteiger partial charge in [0, 0.05) is 20.3 Å². The quantitative estimate of drug-likeness (QED) is 0.874. The zero-order valence-corrected chi connectivity index (χ0v) is 10.5. The van der Waals surface area contributed by atoms with Gasteiger partial charge >= 0.3 is 0 Å². The smallest absolute Gasteiger partial charge is 0.129 e. The number of rotatable bonds is 4. The van der Waals surface area contributed by atoms with E-state index in [0.29, 0.717) is 18.4 Å². The van der Waals surface area contributed by atoms with Crippen molar-refractivity contribution in [3.63, 3.8) is 0 Å². The lowest BCUT2D eigenvalue weighted by Crippen LogP contribution is -2.33. The van der Waals surface area contributed by atoms with Crippen LogP contribution in [0.2, 0.25) is 0 Å². The van der Waals surface area contributed by atoms with Crippen LogP contribution in [0.25, 0.3) is 0 Å². The molecule has 1 saturated heterocycles. The predicted octanol–water partition coefficient (Wildman–Crippen LogP) is 2.10. The van der Waals surface area contributed by atoms with Gasteiger partial charge < -0.3 is 19.6 Å². The van der Waals surface area contributed by atoms with Crippen LogP contribution in [0.3, 0.4) is 0 Å². The molecule has 2 heterocycles. The molecule has 0 spiro atoms. The average molecular weight is 239 g/mol. The number of ether oxygens (including phenoxy) is 2. The first-order valence-corrected chi connectivity index (χ1v) is 6.13. The lowest BCUT2D eigenvalue weighted by Gasteiger charge is -2.32. The van der Waals surface area contributed by atoms with E-state index in [4.69, 9.17) is 19.6 Å². The summed E-state index contributed by atoms with van der Waals surface area (Å²) in [7, 11) is 1.66. The number of methoxy groups -OCH3 is 1. The normalized spacial score (nSPS) is 27.0. The summed E-state index contributed by atoms with van der Waals surface area (Å²) in [5.41, 5.74) is 6.28. The van der Waals surface area contributed by atoms with Crippen LogP contribution in [-0.2, 0) is 16.1 Å². The molecule has 0 bridgehead atoms. The molecule has 0 radical (unpaired) electrons. The van der Waals surface area contributed by atoms with Crippen molar-refractivity contribution in [3.8, 4) is 0 Å². The zero-order chi connectivity index (χ0) is 12.3. The van der Waals surface area contributed by atoms with Crippen molar-refractivity contribution in [2.45, 2.75) is 26.0 Å². The van der Waals surface area contributed by atoms with Gasteiger partial charge in [0.1, 0.15) is 18.1 Å². The highest BCUT2D eigenvalue weighted by molar-refractivity contribution is 5.11. The van der Waals surface area contributed by atoms with Gasteiger partial charge in [-0.3, -0.25) is 0 Å². The molecule has 17 heavy (non-hydrogen) atoms. The summed E-state index contributed by atoms with van der Waals surface area (Å²) in [6.45, 7) is 4.27. The summed E-state index contributed by atoms with van der Waals surface area (Å²) < 4.78 is 16.2. The van der Waals surface area contributed by atoms with Crippen LogP contribution >= 0.6 is 0 Å². The Morgan fingerprint density at radius 3 is 3.06 bits per heavy atom. The molecule has 2 N–H and O–H groups in total. The standard InChI is InChI=1S/C13H21NO3/c1-9-7-16-6-5-11(9)13(14)12-4-3-10(17-12)8-15-2/h3-4,9,11,13H,5-8,14H2,1-2H3. The Bertz CT molecular complexity index is 350. The lowest BCUT2D eigenvalue weighted by atomic mass is 9.83. The Balaban J connectivity index is 2.04. The van der Waals surface area contributed by atoms with Gasteiger partial charge in [0.05, 0.1) is 6.04 Å². The Morgan fingerprint density at radius 1 is 1.53 bits per heavy atom. The van der Waals surface area contributed by atoms with Gasteiger partial charge in [-0.05, 0) is 30.4 Å². The number of hydrogen-bond acceptors (Lipinski definition) is 4. The van der Waals surface area contributed by atoms with E-state index >= 15 is 0 Å². The molecule has 1 aromatic heterocycles. The fourth-order valence-electron chi connectivity index (χ4n) is 2.43.